The van der Waals surface area contributed by atoms with Crippen molar-refractivity contribution in [2.45, 2.75) is 6.42 Å². The van der Waals surface area contributed by atoms with Crippen LogP contribution < -0.4 is 4.74 Å². The highest BCUT2D eigenvalue weighted by atomic mass is 16.6. The van der Waals surface area contributed by atoms with E-state index < -0.39 is 0 Å². The van der Waals surface area contributed by atoms with Crippen molar-refractivity contribution in [2.24, 2.45) is 5.10 Å². The summed E-state index contributed by atoms with van der Waals surface area (Å²) in [5.41, 5.74) is 1.84. The van der Waals surface area contributed by atoms with Crippen molar-refractivity contribution in [3.63, 3.8) is 0 Å². The number of hydrogen-bond donors (Lipinski definition) is 0. The smallest absolute Gasteiger partial charge is 0.430 e. The molecule has 2 heterocycles. The van der Waals surface area contributed by atoms with E-state index in [0.717, 1.165) is 17.0 Å². The summed E-state index contributed by atoms with van der Waals surface area (Å²) in [6.07, 6.45) is 0.335. The maximum Gasteiger partial charge on any atom is 0.430 e. The van der Waals surface area contributed by atoms with Gasteiger partial charge in [0.05, 0.1) is 18.9 Å². The second-order valence-corrected chi connectivity index (χ2v) is 3.88. The van der Waals surface area contributed by atoms with Gasteiger partial charge in [0, 0.05) is 12.0 Å². The molecule has 0 N–H and O–H groups in total. The first-order valence-corrected chi connectivity index (χ1v) is 5.58. The van der Waals surface area contributed by atoms with Gasteiger partial charge in [-0.15, -0.1) is 0 Å². The number of fused-ring (bicyclic) bond motifs is 1. The Morgan fingerprint density at radius 1 is 1.18 bits per heavy atom. The molecule has 0 spiro atoms. The first-order valence-electron chi connectivity index (χ1n) is 5.58. The van der Waals surface area contributed by atoms with Crippen LogP contribution in [0.3, 0.4) is 0 Å². The van der Waals surface area contributed by atoms with Crippen molar-refractivity contribution in [2.75, 3.05) is 19.8 Å². The molecule has 3 rings (SSSR count). The molecule has 0 atom stereocenters. The number of nitrogens with zero attached hydrogens (tertiary/aromatic N) is 2. The normalized spacial score (nSPS) is 21.1. The minimum atomic E-state index is -0.374. The second-order valence-electron chi connectivity index (χ2n) is 3.88. The van der Waals surface area contributed by atoms with Gasteiger partial charge in [0.2, 0.25) is 0 Å². The fraction of sp³-hybridized carbons (Fsp3) is 0.333. The van der Waals surface area contributed by atoms with Gasteiger partial charge in [0.1, 0.15) is 12.4 Å². The summed E-state index contributed by atoms with van der Waals surface area (Å²) in [6.45, 7) is 1.53. The first kappa shape index (κ1) is 10.1. The van der Waals surface area contributed by atoms with Crippen LogP contribution in [0.25, 0.3) is 0 Å². The molecule has 0 aromatic heterocycles. The molecule has 1 fully saturated rings. The van der Waals surface area contributed by atoms with E-state index in [2.05, 4.69) is 5.10 Å². The van der Waals surface area contributed by atoms with Crippen molar-refractivity contribution in [3.05, 3.63) is 29.8 Å². The van der Waals surface area contributed by atoms with Gasteiger partial charge in [-0.25, -0.2) is 4.79 Å². The summed E-state index contributed by atoms with van der Waals surface area (Å²) in [4.78, 5) is 11.3. The predicted octanol–water partition coefficient (Wildman–Crippen LogP) is 1.63. The number of cyclic esters (lactones) is 1. The standard InChI is InChI=1S/C12H12N2O3/c15-12-14(6-8-17-12)13-10-5-7-16-11-4-2-1-3-9(10)11/h1-4H,5-8H2/b13-10+. The Morgan fingerprint density at radius 3 is 2.88 bits per heavy atom. The first-order chi connectivity index (χ1) is 8.34. The van der Waals surface area contributed by atoms with Gasteiger partial charge in [-0.05, 0) is 12.1 Å². The number of hydrazone groups is 1. The third-order valence-electron chi connectivity index (χ3n) is 2.78. The fourth-order valence-corrected chi connectivity index (χ4v) is 1.95. The van der Waals surface area contributed by atoms with E-state index >= 15 is 0 Å². The molecular formula is C12H12N2O3. The van der Waals surface area contributed by atoms with Gasteiger partial charge in [-0.1, -0.05) is 12.1 Å². The van der Waals surface area contributed by atoms with Gasteiger partial charge in [-0.2, -0.15) is 10.1 Å². The molecule has 2 aliphatic rings. The van der Waals surface area contributed by atoms with Crippen molar-refractivity contribution >= 4 is 11.8 Å². The lowest BCUT2D eigenvalue weighted by molar-refractivity contribution is 0.159. The third kappa shape index (κ3) is 1.84. The van der Waals surface area contributed by atoms with E-state index in [9.17, 15) is 4.79 Å². The van der Waals surface area contributed by atoms with Crippen molar-refractivity contribution in [3.8, 4) is 5.75 Å². The molecule has 1 saturated heterocycles. The lowest BCUT2D eigenvalue weighted by Gasteiger charge is -2.19. The molecule has 0 unspecified atom stereocenters. The molecule has 0 aliphatic carbocycles. The molecule has 0 radical (unpaired) electrons. The number of amides is 1. The van der Waals surface area contributed by atoms with Crippen LogP contribution in [0.15, 0.2) is 29.4 Å². The van der Waals surface area contributed by atoms with Crippen LogP contribution in [0, 0.1) is 0 Å². The number of ether oxygens (including phenoxy) is 2. The fourth-order valence-electron chi connectivity index (χ4n) is 1.95. The molecule has 1 amide bonds. The molecule has 17 heavy (non-hydrogen) atoms. The summed E-state index contributed by atoms with van der Waals surface area (Å²) in [5.74, 6) is 0.824. The van der Waals surface area contributed by atoms with E-state index in [4.69, 9.17) is 9.47 Å². The van der Waals surface area contributed by atoms with Crippen LogP contribution in [-0.2, 0) is 4.74 Å². The number of carbonyl (C=O) groups excluding carboxylic acids is 1. The SMILES string of the molecule is O=C1OCCN1/N=C1\CCOc2ccccc21. The highest BCUT2D eigenvalue weighted by Gasteiger charge is 2.24. The van der Waals surface area contributed by atoms with Crippen molar-refractivity contribution in [1.29, 1.82) is 0 Å². The number of benzene rings is 1. The Balaban J connectivity index is 1.94. The van der Waals surface area contributed by atoms with Crippen LogP contribution in [0.5, 0.6) is 5.75 Å². The van der Waals surface area contributed by atoms with Gasteiger partial charge in [0.15, 0.2) is 0 Å². The topological polar surface area (TPSA) is 51.1 Å². The van der Waals surface area contributed by atoms with Gasteiger partial charge in [0.25, 0.3) is 0 Å². The van der Waals surface area contributed by atoms with Gasteiger partial charge >= 0.3 is 6.09 Å². The Bertz CT molecular complexity index is 484. The Labute approximate surface area is 98.6 Å². The molecule has 2 aliphatic heterocycles. The number of para-hydroxylation sites is 1. The van der Waals surface area contributed by atoms with Crippen LogP contribution in [0.2, 0.25) is 0 Å². The molecule has 5 nitrogen and oxygen atoms in total. The van der Waals surface area contributed by atoms with Crippen LogP contribution in [-0.4, -0.2) is 36.6 Å². The lowest BCUT2D eigenvalue weighted by atomic mass is 10.0. The van der Waals surface area contributed by atoms with E-state index in [-0.39, 0.29) is 6.09 Å². The Hall–Kier alpha value is -2.04. The number of rotatable bonds is 1. The summed E-state index contributed by atoms with van der Waals surface area (Å²) in [5, 5.41) is 5.73. The predicted molar refractivity (Wildman–Crippen MR) is 61.1 cm³/mol. The number of carbonyl (C=O) groups is 1. The highest BCUT2D eigenvalue weighted by Crippen LogP contribution is 2.25. The second kappa shape index (κ2) is 4.08. The minimum absolute atomic E-state index is 0.374. The van der Waals surface area contributed by atoms with E-state index in [1.165, 1.54) is 5.01 Å². The summed E-state index contributed by atoms with van der Waals surface area (Å²) in [6, 6.07) is 7.72. The van der Waals surface area contributed by atoms with Crippen molar-refractivity contribution < 1.29 is 14.3 Å². The van der Waals surface area contributed by atoms with Crippen LogP contribution >= 0.6 is 0 Å². The molecule has 1 aromatic rings. The Kier molecular flexibility index (Phi) is 2.44. The largest absolute Gasteiger partial charge is 0.492 e. The molecular weight excluding hydrogens is 220 g/mol. The van der Waals surface area contributed by atoms with E-state index in [1.54, 1.807) is 0 Å². The number of hydrogen-bond acceptors (Lipinski definition) is 4. The summed E-state index contributed by atoms with van der Waals surface area (Å²) >= 11 is 0. The molecule has 1 aromatic carbocycles. The van der Waals surface area contributed by atoms with Gasteiger partial charge in [-0.3, -0.25) is 0 Å². The monoisotopic (exact) mass is 232 g/mol. The molecule has 0 saturated carbocycles. The molecule has 5 heteroatoms. The van der Waals surface area contributed by atoms with Crippen LogP contribution in [0.1, 0.15) is 12.0 Å². The average molecular weight is 232 g/mol. The summed E-state index contributed by atoms with van der Waals surface area (Å²) in [7, 11) is 0. The Morgan fingerprint density at radius 2 is 2.06 bits per heavy atom. The molecule has 0 bridgehead atoms. The maximum atomic E-state index is 11.3. The maximum absolute atomic E-state index is 11.3. The average Bonchev–Trinajstić information content (AvgIpc) is 2.76. The zero-order valence-corrected chi connectivity index (χ0v) is 9.26. The van der Waals surface area contributed by atoms with Gasteiger partial charge < -0.3 is 9.47 Å². The van der Waals surface area contributed by atoms with Crippen molar-refractivity contribution in [1.82, 2.24) is 5.01 Å². The van der Waals surface area contributed by atoms with E-state index in [1.807, 2.05) is 24.3 Å². The van der Waals surface area contributed by atoms with E-state index in [0.29, 0.717) is 26.2 Å². The summed E-state index contributed by atoms with van der Waals surface area (Å²) < 4.78 is 10.4. The quantitative estimate of drug-likeness (QED) is 0.739. The minimum Gasteiger partial charge on any atom is -0.492 e. The highest BCUT2D eigenvalue weighted by molar-refractivity contribution is 6.04. The molecule has 88 valence electrons. The lowest BCUT2D eigenvalue weighted by Crippen LogP contribution is -2.23. The zero-order chi connectivity index (χ0) is 11.7. The zero-order valence-electron chi connectivity index (χ0n) is 9.26. The third-order valence-corrected chi connectivity index (χ3v) is 2.78. The van der Waals surface area contributed by atoms with Crippen LogP contribution in [0.4, 0.5) is 4.79 Å².